The quantitative estimate of drug-likeness (QED) is 0.271. The minimum Gasteiger partial charge on any atom is -0.396 e. The fraction of sp³-hybridized carbons (Fsp3) is 0.857. The van der Waals surface area contributed by atoms with Crippen LogP contribution in [0.5, 0.6) is 0 Å². The van der Waals surface area contributed by atoms with E-state index in [9.17, 15) is 4.79 Å². The summed E-state index contributed by atoms with van der Waals surface area (Å²) in [6, 6.07) is 0. The van der Waals surface area contributed by atoms with Gasteiger partial charge >= 0.3 is 0 Å². The largest absolute Gasteiger partial charge is 0.396 e. The molecular formula is C14H31NO2. The van der Waals surface area contributed by atoms with Crippen LogP contribution in [-0.4, -0.2) is 18.6 Å². The average Bonchev–Trinajstić information content (AvgIpc) is 2.42. The fourth-order valence-corrected chi connectivity index (χ4v) is 0.791. The molecule has 0 saturated heterocycles. The van der Waals surface area contributed by atoms with E-state index < -0.39 is 0 Å². The van der Waals surface area contributed by atoms with E-state index in [2.05, 4.69) is 5.16 Å². The monoisotopic (exact) mass is 245 g/mol. The molecule has 0 N–H and O–H groups in total. The number of carbonyl (C=O) groups excluding carboxylic acids is 1. The Bertz CT molecular complexity index is 156. The summed E-state index contributed by atoms with van der Waals surface area (Å²) < 4.78 is 0. The summed E-state index contributed by atoms with van der Waals surface area (Å²) in [5.74, 6) is 0. The van der Waals surface area contributed by atoms with Crippen LogP contribution in [0.15, 0.2) is 5.16 Å². The molecule has 0 atom stereocenters. The number of nitrogens with zero attached hydrogens (tertiary/aromatic N) is 1. The first-order chi connectivity index (χ1) is 8.31. The topological polar surface area (TPSA) is 38.7 Å². The van der Waals surface area contributed by atoms with Crippen molar-refractivity contribution in [3.8, 4) is 0 Å². The van der Waals surface area contributed by atoms with Crippen molar-refractivity contribution in [2.24, 2.45) is 5.16 Å². The van der Waals surface area contributed by atoms with Crippen LogP contribution in [0.1, 0.15) is 73.6 Å². The van der Waals surface area contributed by atoms with Crippen molar-refractivity contribution in [1.82, 2.24) is 0 Å². The minimum absolute atomic E-state index is 0.663. The van der Waals surface area contributed by atoms with Crippen molar-refractivity contribution in [2.45, 2.75) is 73.6 Å². The molecule has 3 nitrogen and oxygen atoms in total. The SMILES string of the molecule is CC.CC.CC/C(C)=N/OCCCCCC=O. The molecule has 0 spiro atoms. The molecule has 104 valence electrons. The molecular weight excluding hydrogens is 214 g/mol. The summed E-state index contributed by atoms with van der Waals surface area (Å²) in [6.07, 6.45) is 5.54. The molecule has 0 saturated carbocycles. The number of hydrogen-bond acceptors (Lipinski definition) is 3. The van der Waals surface area contributed by atoms with Crippen LogP contribution < -0.4 is 0 Å². The lowest BCUT2D eigenvalue weighted by Gasteiger charge is -1.99. The maximum Gasteiger partial charge on any atom is 0.119 e. The van der Waals surface area contributed by atoms with Gasteiger partial charge in [0.15, 0.2) is 0 Å². The van der Waals surface area contributed by atoms with Gasteiger partial charge in [-0.1, -0.05) is 39.8 Å². The number of rotatable bonds is 8. The summed E-state index contributed by atoms with van der Waals surface area (Å²) in [5.41, 5.74) is 1.02. The standard InChI is InChI=1S/C10H19NO2.2C2H6/c1-3-10(2)11-13-9-7-5-4-6-8-12;2*1-2/h8H,3-7,9H2,1-2H3;2*1-2H3/b11-10+;;. The van der Waals surface area contributed by atoms with Crippen molar-refractivity contribution in [2.75, 3.05) is 6.61 Å². The number of carbonyl (C=O) groups is 1. The summed E-state index contributed by atoms with van der Waals surface area (Å²) >= 11 is 0. The Morgan fingerprint density at radius 3 is 2.18 bits per heavy atom. The third-order valence-electron chi connectivity index (χ3n) is 1.79. The van der Waals surface area contributed by atoms with Gasteiger partial charge in [-0.2, -0.15) is 0 Å². The van der Waals surface area contributed by atoms with Gasteiger partial charge in [-0.05, 0) is 32.6 Å². The summed E-state index contributed by atoms with van der Waals surface area (Å²) in [4.78, 5) is 15.0. The zero-order valence-corrected chi connectivity index (χ0v) is 12.6. The van der Waals surface area contributed by atoms with E-state index >= 15 is 0 Å². The number of unbranched alkanes of at least 4 members (excludes halogenated alkanes) is 3. The second kappa shape index (κ2) is 24.4. The molecule has 0 aromatic rings. The molecule has 0 unspecified atom stereocenters. The molecule has 0 radical (unpaired) electrons. The maximum atomic E-state index is 9.97. The van der Waals surface area contributed by atoms with Crippen LogP contribution in [0.2, 0.25) is 0 Å². The third kappa shape index (κ3) is 25.4. The zero-order valence-electron chi connectivity index (χ0n) is 12.6. The Labute approximate surface area is 108 Å². The highest BCUT2D eigenvalue weighted by atomic mass is 16.6. The first-order valence-corrected chi connectivity index (χ1v) is 6.90. The normalized spacial score (nSPS) is 9.41. The molecule has 17 heavy (non-hydrogen) atoms. The van der Waals surface area contributed by atoms with Gasteiger partial charge in [0.1, 0.15) is 12.9 Å². The lowest BCUT2D eigenvalue weighted by molar-refractivity contribution is -0.107. The van der Waals surface area contributed by atoms with Gasteiger partial charge in [0, 0.05) is 6.42 Å². The molecule has 0 bridgehead atoms. The minimum atomic E-state index is 0.663. The smallest absolute Gasteiger partial charge is 0.119 e. The Hall–Kier alpha value is -0.860. The van der Waals surface area contributed by atoms with Crippen LogP contribution in [-0.2, 0) is 9.63 Å². The highest BCUT2D eigenvalue weighted by molar-refractivity contribution is 5.80. The van der Waals surface area contributed by atoms with Gasteiger partial charge in [0.25, 0.3) is 0 Å². The second-order valence-corrected chi connectivity index (χ2v) is 3.03. The van der Waals surface area contributed by atoms with Crippen molar-refractivity contribution in [1.29, 1.82) is 0 Å². The van der Waals surface area contributed by atoms with E-state index in [1.165, 1.54) is 0 Å². The molecule has 0 heterocycles. The van der Waals surface area contributed by atoms with E-state index in [1.54, 1.807) is 0 Å². The van der Waals surface area contributed by atoms with E-state index in [0.717, 1.165) is 37.7 Å². The van der Waals surface area contributed by atoms with Crippen molar-refractivity contribution >= 4 is 12.0 Å². The first kappa shape index (κ1) is 21.4. The van der Waals surface area contributed by atoms with E-state index in [4.69, 9.17) is 4.84 Å². The van der Waals surface area contributed by atoms with E-state index in [-0.39, 0.29) is 0 Å². The van der Waals surface area contributed by atoms with Crippen LogP contribution in [0.4, 0.5) is 0 Å². The predicted molar refractivity (Wildman–Crippen MR) is 76.6 cm³/mol. The lowest BCUT2D eigenvalue weighted by atomic mass is 10.2. The Morgan fingerprint density at radius 2 is 1.71 bits per heavy atom. The summed E-state index contributed by atoms with van der Waals surface area (Å²) in [5, 5.41) is 3.91. The highest BCUT2D eigenvalue weighted by Crippen LogP contribution is 1.98. The molecule has 3 heteroatoms. The second-order valence-electron chi connectivity index (χ2n) is 3.03. The third-order valence-corrected chi connectivity index (χ3v) is 1.79. The maximum absolute atomic E-state index is 9.97. The molecule has 0 aromatic heterocycles. The van der Waals surface area contributed by atoms with Crippen LogP contribution in [0, 0.1) is 0 Å². The Morgan fingerprint density at radius 1 is 1.12 bits per heavy atom. The lowest BCUT2D eigenvalue weighted by Crippen LogP contribution is -1.93. The molecule has 0 amide bonds. The van der Waals surface area contributed by atoms with Crippen molar-refractivity contribution in [3.63, 3.8) is 0 Å². The molecule has 0 aromatic carbocycles. The van der Waals surface area contributed by atoms with Gasteiger partial charge in [0.05, 0.1) is 5.71 Å². The van der Waals surface area contributed by atoms with Crippen molar-refractivity contribution in [3.05, 3.63) is 0 Å². The molecule has 0 aliphatic rings. The van der Waals surface area contributed by atoms with Gasteiger partial charge in [-0.3, -0.25) is 0 Å². The van der Waals surface area contributed by atoms with Gasteiger partial charge < -0.3 is 9.63 Å². The Kier molecular flexibility index (Phi) is 30.7. The fourth-order valence-electron chi connectivity index (χ4n) is 0.791. The van der Waals surface area contributed by atoms with Crippen LogP contribution in [0.25, 0.3) is 0 Å². The van der Waals surface area contributed by atoms with E-state index in [1.807, 2.05) is 41.5 Å². The molecule has 0 rings (SSSR count). The number of aldehydes is 1. The molecule has 0 aliphatic heterocycles. The van der Waals surface area contributed by atoms with Crippen LogP contribution in [0.3, 0.4) is 0 Å². The number of oxime groups is 1. The summed E-state index contributed by atoms with van der Waals surface area (Å²) in [7, 11) is 0. The van der Waals surface area contributed by atoms with Gasteiger partial charge in [-0.15, -0.1) is 0 Å². The summed E-state index contributed by atoms with van der Waals surface area (Å²) in [6.45, 7) is 12.7. The first-order valence-electron chi connectivity index (χ1n) is 6.90. The zero-order chi connectivity index (χ0) is 13.9. The van der Waals surface area contributed by atoms with Gasteiger partial charge in [-0.25, -0.2) is 0 Å². The molecule has 0 aliphatic carbocycles. The molecule has 0 fully saturated rings. The van der Waals surface area contributed by atoms with Crippen molar-refractivity contribution < 1.29 is 9.63 Å². The average molecular weight is 245 g/mol. The van der Waals surface area contributed by atoms with E-state index in [0.29, 0.717) is 13.0 Å². The predicted octanol–water partition coefficient (Wildman–Crippen LogP) is 4.60. The van der Waals surface area contributed by atoms with Gasteiger partial charge in [0.2, 0.25) is 0 Å². The van der Waals surface area contributed by atoms with Crippen LogP contribution >= 0.6 is 0 Å². The number of hydrogen-bond donors (Lipinski definition) is 0. The Balaban J connectivity index is -0.000000439. The highest BCUT2D eigenvalue weighted by Gasteiger charge is 1.90.